The summed E-state index contributed by atoms with van der Waals surface area (Å²) in [5.74, 6) is -0.887. The summed E-state index contributed by atoms with van der Waals surface area (Å²) in [4.78, 5) is 19.3. The van der Waals surface area contributed by atoms with Crippen LogP contribution in [-0.2, 0) is 17.5 Å². The summed E-state index contributed by atoms with van der Waals surface area (Å²) in [7, 11) is 1.93. The second-order valence-corrected chi connectivity index (χ2v) is 9.92. The van der Waals surface area contributed by atoms with Crippen LogP contribution >= 0.6 is 24.8 Å². The van der Waals surface area contributed by atoms with E-state index in [0.717, 1.165) is 11.6 Å². The van der Waals surface area contributed by atoms with Gasteiger partial charge in [-0.25, -0.2) is 9.78 Å². The van der Waals surface area contributed by atoms with E-state index in [2.05, 4.69) is 15.6 Å². The smallest absolute Gasteiger partial charge is 0.416 e. The first-order chi connectivity index (χ1) is 19.0. The zero-order chi connectivity index (χ0) is 28.9. The first-order valence-corrected chi connectivity index (χ1v) is 13.0. The van der Waals surface area contributed by atoms with Gasteiger partial charge >= 0.3 is 12.3 Å². The molecule has 1 atom stereocenters. The molecule has 1 aliphatic rings. The van der Waals surface area contributed by atoms with Gasteiger partial charge in [-0.05, 0) is 51.1 Å². The van der Waals surface area contributed by atoms with Gasteiger partial charge in [0, 0.05) is 31.5 Å². The highest BCUT2D eigenvalue weighted by Crippen LogP contribution is 2.48. The topological polar surface area (TPSA) is 75.7 Å². The van der Waals surface area contributed by atoms with E-state index < -0.39 is 23.8 Å². The van der Waals surface area contributed by atoms with Gasteiger partial charge in [-0.1, -0.05) is 48.5 Å². The number of hydrogen-bond acceptors (Lipinski definition) is 6. The Hall–Kier alpha value is -3.47. The van der Waals surface area contributed by atoms with E-state index in [1.807, 2.05) is 42.3 Å². The zero-order valence-corrected chi connectivity index (χ0v) is 25.3. The number of fused-ring (bicyclic) bond motifs is 1. The lowest BCUT2D eigenvalue weighted by molar-refractivity contribution is -0.138. The maximum Gasteiger partial charge on any atom is 0.416 e. The van der Waals surface area contributed by atoms with Crippen molar-refractivity contribution in [1.82, 2.24) is 15.2 Å². The summed E-state index contributed by atoms with van der Waals surface area (Å²) in [5.41, 5.74) is 1.55. The number of carbonyl (C=O) groups is 1. The average molecular weight is 628 g/mol. The number of halogens is 5. The lowest BCUT2D eigenvalue weighted by Crippen LogP contribution is -2.34. The highest BCUT2D eigenvalue weighted by molar-refractivity contribution is 5.85. The lowest BCUT2D eigenvalue weighted by atomic mass is 9.83. The van der Waals surface area contributed by atoms with Gasteiger partial charge in [-0.15, -0.1) is 24.8 Å². The SMILES string of the molecule is CC1=C(OC(=O)NCCN(C)Cc2ccccc2)C(c2ccccc2C(F)(F)F)c2c(ccnc2OC(C)C)N1.Cl.Cl. The van der Waals surface area contributed by atoms with E-state index in [0.29, 0.717) is 30.0 Å². The summed E-state index contributed by atoms with van der Waals surface area (Å²) < 4.78 is 54.2. The second-order valence-electron chi connectivity index (χ2n) is 9.92. The standard InChI is InChI=1S/C30H33F3N4O3.2ClH/c1-19(2)39-28-26-24(14-15-34-28)36-20(3)27(25(26)22-12-8-9-13-23(22)30(31,32)33)40-29(38)35-16-17-37(4)18-21-10-6-5-7-11-21;;/h5-15,19,25,36H,16-18H2,1-4H3,(H,35,38);2*1H. The fourth-order valence-electron chi connectivity index (χ4n) is 4.67. The molecule has 0 saturated carbocycles. The molecule has 1 aromatic heterocycles. The number of nitrogens with one attached hydrogen (secondary N) is 2. The molecule has 12 heteroatoms. The number of anilines is 1. The molecule has 0 aliphatic carbocycles. The van der Waals surface area contributed by atoms with Crippen molar-refractivity contribution >= 4 is 36.6 Å². The van der Waals surface area contributed by atoms with Crippen molar-refractivity contribution in [2.45, 2.75) is 45.5 Å². The molecule has 2 N–H and O–H groups in total. The van der Waals surface area contributed by atoms with Gasteiger partial charge in [0.05, 0.1) is 28.8 Å². The molecule has 228 valence electrons. The number of alkyl carbamates (subject to hydrolysis) is 1. The highest BCUT2D eigenvalue weighted by atomic mass is 35.5. The van der Waals surface area contributed by atoms with E-state index in [1.54, 1.807) is 26.8 Å². The van der Waals surface area contributed by atoms with E-state index in [1.165, 1.54) is 24.4 Å². The molecule has 0 fully saturated rings. The molecule has 0 bridgehead atoms. The van der Waals surface area contributed by atoms with Gasteiger partial charge in [0.2, 0.25) is 5.88 Å². The number of amides is 1. The number of likely N-dealkylation sites (N-methyl/N-ethyl adjacent to an activating group) is 1. The molecule has 1 amide bonds. The van der Waals surface area contributed by atoms with Crippen molar-refractivity contribution in [3.05, 3.63) is 101 Å². The van der Waals surface area contributed by atoms with Crippen molar-refractivity contribution in [2.75, 3.05) is 25.5 Å². The number of rotatable bonds is 9. The van der Waals surface area contributed by atoms with E-state index in [9.17, 15) is 18.0 Å². The van der Waals surface area contributed by atoms with Crippen LogP contribution in [0.1, 0.15) is 48.9 Å². The molecule has 2 aromatic carbocycles. The molecule has 3 aromatic rings. The number of benzene rings is 2. The number of alkyl halides is 3. The molecule has 1 aliphatic heterocycles. The Morgan fingerprint density at radius 2 is 1.74 bits per heavy atom. The Balaban J connectivity index is 0.00000308. The molecular formula is C30H35Cl2F3N4O3. The molecule has 7 nitrogen and oxygen atoms in total. The first-order valence-electron chi connectivity index (χ1n) is 13.0. The predicted molar refractivity (Wildman–Crippen MR) is 161 cm³/mol. The quantitative estimate of drug-likeness (QED) is 0.258. The molecule has 2 heterocycles. The molecule has 42 heavy (non-hydrogen) atoms. The van der Waals surface area contributed by atoms with Gasteiger partial charge in [-0.2, -0.15) is 13.2 Å². The number of allylic oxidation sites excluding steroid dienone is 2. The van der Waals surface area contributed by atoms with Crippen molar-refractivity contribution < 1.29 is 27.4 Å². The highest BCUT2D eigenvalue weighted by Gasteiger charge is 2.41. The van der Waals surface area contributed by atoms with Crippen LogP contribution in [0.5, 0.6) is 5.88 Å². The third-order valence-corrected chi connectivity index (χ3v) is 6.38. The Labute approximate surface area is 256 Å². The Morgan fingerprint density at radius 3 is 2.40 bits per heavy atom. The summed E-state index contributed by atoms with van der Waals surface area (Å²) in [5, 5.41) is 5.87. The fraction of sp³-hybridized carbons (Fsp3) is 0.333. The van der Waals surface area contributed by atoms with Crippen LogP contribution in [0.4, 0.5) is 23.7 Å². The van der Waals surface area contributed by atoms with Gasteiger partial charge in [0.25, 0.3) is 0 Å². The van der Waals surface area contributed by atoms with Gasteiger partial charge in [0.15, 0.2) is 0 Å². The number of hydrogen-bond donors (Lipinski definition) is 2. The summed E-state index contributed by atoms with van der Waals surface area (Å²) >= 11 is 0. The number of ether oxygens (including phenoxy) is 2. The molecule has 1 unspecified atom stereocenters. The van der Waals surface area contributed by atoms with E-state index in [4.69, 9.17) is 9.47 Å². The predicted octanol–water partition coefficient (Wildman–Crippen LogP) is 7.38. The first kappa shape index (κ1) is 34.7. The molecular weight excluding hydrogens is 592 g/mol. The number of aromatic nitrogens is 1. The Bertz CT molecular complexity index is 1370. The maximum absolute atomic E-state index is 14.2. The summed E-state index contributed by atoms with van der Waals surface area (Å²) in [6, 6.07) is 16.9. The zero-order valence-electron chi connectivity index (χ0n) is 23.7. The molecule has 0 saturated heterocycles. The van der Waals surface area contributed by atoms with Crippen molar-refractivity contribution in [2.24, 2.45) is 0 Å². The Kier molecular flexibility index (Phi) is 12.5. The van der Waals surface area contributed by atoms with Crippen LogP contribution in [0.25, 0.3) is 0 Å². The average Bonchev–Trinajstić information content (AvgIpc) is 2.89. The third-order valence-electron chi connectivity index (χ3n) is 6.38. The van der Waals surface area contributed by atoms with Crippen LogP contribution in [-0.4, -0.2) is 42.2 Å². The summed E-state index contributed by atoms with van der Waals surface area (Å²) in [6.07, 6.45) is -4.16. The minimum Gasteiger partial charge on any atom is -0.475 e. The van der Waals surface area contributed by atoms with Crippen molar-refractivity contribution in [1.29, 1.82) is 0 Å². The van der Waals surface area contributed by atoms with Gasteiger partial charge in [0.1, 0.15) is 5.76 Å². The largest absolute Gasteiger partial charge is 0.475 e. The van der Waals surface area contributed by atoms with Crippen LogP contribution in [0.3, 0.4) is 0 Å². The van der Waals surface area contributed by atoms with Crippen molar-refractivity contribution in [3.63, 3.8) is 0 Å². The van der Waals surface area contributed by atoms with Crippen LogP contribution in [0, 0.1) is 0 Å². The van der Waals surface area contributed by atoms with Crippen molar-refractivity contribution in [3.8, 4) is 5.88 Å². The number of nitrogens with zero attached hydrogens (tertiary/aromatic N) is 2. The summed E-state index contributed by atoms with van der Waals surface area (Å²) in [6.45, 7) is 6.79. The molecule has 0 radical (unpaired) electrons. The Morgan fingerprint density at radius 1 is 1.07 bits per heavy atom. The molecule has 0 spiro atoms. The third kappa shape index (κ3) is 8.53. The number of pyridine rings is 1. The van der Waals surface area contributed by atoms with Crippen LogP contribution in [0.2, 0.25) is 0 Å². The van der Waals surface area contributed by atoms with Crippen LogP contribution < -0.4 is 15.4 Å². The van der Waals surface area contributed by atoms with E-state index in [-0.39, 0.29) is 54.7 Å². The fourth-order valence-corrected chi connectivity index (χ4v) is 4.67. The lowest BCUT2D eigenvalue weighted by Gasteiger charge is -2.32. The maximum atomic E-state index is 14.2. The minimum absolute atomic E-state index is 0. The molecule has 4 rings (SSSR count). The van der Waals surface area contributed by atoms with E-state index >= 15 is 0 Å². The monoisotopic (exact) mass is 626 g/mol. The van der Waals surface area contributed by atoms with Gasteiger partial charge < -0.3 is 25.0 Å². The van der Waals surface area contributed by atoms with Gasteiger partial charge in [-0.3, -0.25) is 0 Å². The van der Waals surface area contributed by atoms with Crippen LogP contribution in [0.15, 0.2) is 78.3 Å². The minimum atomic E-state index is -4.63. The normalized spacial score (nSPS) is 14.4. The number of carbonyl (C=O) groups excluding carboxylic acids is 1. The second kappa shape index (κ2) is 15.1.